The molecule has 1 aliphatic heterocycles. The number of thiophene rings is 1. The van der Waals surface area contributed by atoms with Crippen molar-refractivity contribution < 1.29 is 19.5 Å². The summed E-state index contributed by atoms with van der Waals surface area (Å²) in [4.78, 5) is 37.9. The molecule has 26 heavy (non-hydrogen) atoms. The summed E-state index contributed by atoms with van der Waals surface area (Å²) in [5.41, 5.74) is 1.25. The van der Waals surface area contributed by atoms with Crippen LogP contribution in [0, 0.1) is 0 Å². The van der Waals surface area contributed by atoms with Gasteiger partial charge in [0.2, 0.25) is 5.91 Å². The van der Waals surface area contributed by atoms with Crippen LogP contribution in [0.5, 0.6) is 0 Å². The minimum Gasteiger partial charge on any atom is -0.477 e. The molecule has 1 aromatic carbocycles. The van der Waals surface area contributed by atoms with Gasteiger partial charge in [0.15, 0.2) is 0 Å². The highest BCUT2D eigenvalue weighted by atomic mass is 32.1. The summed E-state index contributed by atoms with van der Waals surface area (Å²) in [6.45, 7) is 0.510. The molecule has 7 heteroatoms. The number of likely N-dealkylation sites (tertiary alicyclic amines) is 1. The molecule has 4 rings (SSSR count). The van der Waals surface area contributed by atoms with Crippen molar-refractivity contribution in [3.05, 3.63) is 57.8 Å². The molecule has 2 fully saturated rings. The van der Waals surface area contributed by atoms with Crippen LogP contribution in [-0.4, -0.2) is 46.4 Å². The Hall–Kier alpha value is -2.67. The van der Waals surface area contributed by atoms with E-state index in [4.69, 9.17) is 5.11 Å². The van der Waals surface area contributed by atoms with Gasteiger partial charge in [-0.2, -0.15) is 0 Å². The molecule has 1 saturated carbocycles. The molecule has 2 heterocycles. The van der Waals surface area contributed by atoms with Crippen LogP contribution >= 0.6 is 11.3 Å². The minimum atomic E-state index is -1.04. The number of aromatic carboxylic acids is 1. The van der Waals surface area contributed by atoms with E-state index in [1.165, 1.54) is 17.7 Å². The lowest BCUT2D eigenvalue weighted by Crippen LogP contribution is -2.37. The summed E-state index contributed by atoms with van der Waals surface area (Å²) in [6, 6.07) is 13.1. The van der Waals surface area contributed by atoms with Gasteiger partial charge in [0.05, 0.1) is 10.9 Å². The van der Waals surface area contributed by atoms with Gasteiger partial charge >= 0.3 is 5.97 Å². The van der Waals surface area contributed by atoms with Crippen LogP contribution < -0.4 is 5.32 Å². The van der Waals surface area contributed by atoms with Crippen LogP contribution in [0.1, 0.15) is 43.7 Å². The first-order valence-corrected chi connectivity index (χ1v) is 9.33. The van der Waals surface area contributed by atoms with Crippen LogP contribution in [0.2, 0.25) is 0 Å². The number of hydrogen-bond acceptors (Lipinski definition) is 4. The van der Waals surface area contributed by atoms with Gasteiger partial charge in [0, 0.05) is 24.9 Å². The zero-order chi connectivity index (χ0) is 18.3. The number of carboxylic acids is 1. The number of benzene rings is 1. The average Bonchev–Trinajstić information content (AvgIpc) is 3.08. The van der Waals surface area contributed by atoms with Crippen molar-refractivity contribution >= 4 is 29.1 Å². The molecule has 1 saturated heterocycles. The number of hydrogen-bond donors (Lipinski definition) is 2. The van der Waals surface area contributed by atoms with Gasteiger partial charge in [-0.3, -0.25) is 9.59 Å². The number of carboxylic acid groups (broad SMARTS) is 1. The van der Waals surface area contributed by atoms with Crippen LogP contribution in [0.15, 0.2) is 42.5 Å². The SMILES string of the molecule is O=C(O)c1ccc(C(=O)NC2CC(=O)N(C3CC3c3ccccc3)C2)s1. The summed E-state index contributed by atoms with van der Waals surface area (Å²) in [6.07, 6.45) is 1.25. The number of nitrogens with one attached hydrogen (secondary N) is 1. The van der Waals surface area contributed by atoms with E-state index in [0.717, 1.165) is 17.8 Å². The summed E-state index contributed by atoms with van der Waals surface area (Å²) in [5.74, 6) is -0.921. The molecule has 1 aromatic heterocycles. The van der Waals surface area contributed by atoms with E-state index in [0.29, 0.717) is 23.8 Å². The molecule has 6 nitrogen and oxygen atoms in total. The Kier molecular flexibility index (Phi) is 4.24. The fourth-order valence-corrected chi connectivity index (χ4v) is 4.31. The van der Waals surface area contributed by atoms with Gasteiger partial charge in [0.1, 0.15) is 4.88 Å². The quantitative estimate of drug-likeness (QED) is 0.846. The number of carbonyl (C=O) groups is 3. The second kappa shape index (κ2) is 6.57. The van der Waals surface area contributed by atoms with E-state index in [1.54, 1.807) is 0 Å². The number of nitrogens with zero attached hydrogens (tertiary/aromatic N) is 1. The monoisotopic (exact) mass is 370 g/mol. The van der Waals surface area contributed by atoms with Gasteiger partial charge in [-0.15, -0.1) is 11.3 Å². The molecule has 3 atom stereocenters. The highest BCUT2D eigenvalue weighted by Gasteiger charge is 2.48. The Morgan fingerprint density at radius 1 is 1.12 bits per heavy atom. The van der Waals surface area contributed by atoms with Crippen molar-refractivity contribution in [2.45, 2.75) is 30.8 Å². The zero-order valence-electron chi connectivity index (χ0n) is 13.9. The number of amides is 2. The molecule has 2 N–H and O–H groups in total. The number of rotatable bonds is 5. The molecule has 134 valence electrons. The molecule has 2 amide bonds. The van der Waals surface area contributed by atoms with Gasteiger partial charge < -0.3 is 15.3 Å². The van der Waals surface area contributed by atoms with E-state index >= 15 is 0 Å². The summed E-state index contributed by atoms with van der Waals surface area (Å²) in [7, 11) is 0. The normalized spacial score (nSPS) is 24.5. The van der Waals surface area contributed by atoms with Crippen molar-refractivity contribution in [1.29, 1.82) is 0 Å². The van der Waals surface area contributed by atoms with Crippen LogP contribution in [0.25, 0.3) is 0 Å². The predicted octanol–water partition coefficient (Wildman–Crippen LogP) is 2.33. The van der Waals surface area contributed by atoms with Crippen molar-refractivity contribution in [3.63, 3.8) is 0 Å². The smallest absolute Gasteiger partial charge is 0.345 e. The summed E-state index contributed by atoms with van der Waals surface area (Å²) in [5, 5.41) is 11.8. The van der Waals surface area contributed by atoms with E-state index in [1.807, 2.05) is 23.1 Å². The van der Waals surface area contributed by atoms with E-state index in [2.05, 4.69) is 17.4 Å². The zero-order valence-corrected chi connectivity index (χ0v) is 14.7. The van der Waals surface area contributed by atoms with Gasteiger partial charge in [-0.1, -0.05) is 30.3 Å². The Labute approximate surface area is 154 Å². The first-order chi connectivity index (χ1) is 12.5. The topological polar surface area (TPSA) is 86.7 Å². The van der Waals surface area contributed by atoms with Gasteiger partial charge in [0.25, 0.3) is 5.91 Å². The molecular weight excluding hydrogens is 352 g/mol. The first kappa shape index (κ1) is 16.8. The molecule has 2 aliphatic rings. The van der Waals surface area contributed by atoms with Crippen molar-refractivity contribution in [3.8, 4) is 0 Å². The van der Waals surface area contributed by atoms with Gasteiger partial charge in [-0.25, -0.2) is 4.79 Å². The van der Waals surface area contributed by atoms with Crippen LogP contribution in [0.3, 0.4) is 0 Å². The fraction of sp³-hybridized carbons (Fsp3) is 0.316. The van der Waals surface area contributed by atoms with E-state index in [9.17, 15) is 14.4 Å². The lowest BCUT2D eigenvalue weighted by molar-refractivity contribution is -0.128. The summed E-state index contributed by atoms with van der Waals surface area (Å²) < 4.78 is 0. The maximum atomic E-state index is 12.4. The predicted molar refractivity (Wildman–Crippen MR) is 96.5 cm³/mol. The maximum absolute atomic E-state index is 12.4. The van der Waals surface area contributed by atoms with Crippen molar-refractivity contribution in [2.75, 3.05) is 6.54 Å². The van der Waals surface area contributed by atoms with E-state index in [-0.39, 0.29) is 28.8 Å². The lowest BCUT2D eigenvalue weighted by atomic mass is 10.1. The molecule has 0 spiro atoms. The second-order valence-electron chi connectivity index (χ2n) is 6.71. The molecule has 0 bridgehead atoms. The Morgan fingerprint density at radius 2 is 1.85 bits per heavy atom. The molecule has 0 radical (unpaired) electrons. The maximum Gasteiger partial charge on any atom is 0.345 e. The Morgan fingerprint density at radius 3 is 2.54 bits per heavy atom. The number of carbonyl (C=O) groups excluding carboxylic acids is 2. The van der Waals surface area contributed by atoms with Crippen LogP contribution in [-0.2, 0) is 4.79 Å². The first-order valence-electron chi connectivity index (χ1n) is 8.51. The molecule has 2 aromatic rings. The largest absolute Gasteiger partial charge is 0.477 e. The minimum absolute atomic E-state index is 0.0659. The third-order valence-electron chi connectivity index (χ3n) is 4.92. The Balaban J connectivity index is 1.36. The van der Waals surface area contributed by atoms with Crippen LogP contribution in [0.4, 0.5) is 0 Å². The highest BCUT2D eigenvalue weighted by molar-refractivity contribution is 7.15. The average molecular weight is 370 g/mol. The fourth-order valence-electron chi connectivity index (χ4n) is 3.56. The third kappa shape index (κ3) is 3.22. The lowest BCUT2D eigenvalue weighted by Gasteiger charge is -2.17. The second-order valence-corrected chi connectivity index (χ2v) is 7.79. The van der Waals surface area contributed by atoms with Crippen molar-refractivity contribution in [2.24, 2.45) is 0 Å². The Bertz CT molecular complexity index is 863. The highest BCUT2D eigenvalue weighted by Crippen LogP contribution is 2.45. The standard InChI is InChI=1S/C19H18N2O4S/c22-17-8-12(20-18(23)15-6-7-16(26-15)19(24)25)10-21(17)14-9-13(14)11-4-2-1-3-5-11/h1-7,12-14H,8-10H2,(H,20,23)(H,24,25). The molecule has 3 unspecified atom stereocenters. The van der Waals surface area contributed by atoms with Crippen molar-refractivity contribution in [1.82, 2.24) is 10.2 Å². The molecular formula is C19H18N2O4S. The van der Waals surface area contributed by atoms with Gasteiger partial charge in [-0.05, 0) is 24.1 Å². The van der Waals surface area contributed by atoms with E-state index < -0.39 is 5.97 Å². The molecule has 1 aliphatic carbocycles. The third-order valence-corrected chi connectivity index (χ3v) is 5.99. The summed E-state index contributed by atoms with van der Waals surface area (Å²) >= 11 is 0.940.